The van der Waals surface area contributed by atoms with Crippen LogP contribution in [0.15, 0.2) is 40.1 Å². The molecule has 0 aliphatic carbocycles. The molecule has 9 heteroatoms. The van der Waals surface area contributed by atoms with Crippen LogP contribution in [-0.4, -0.2) is 32.2 Å². The Labute approximate surface area is 114 Å². The van der Waals surface area contributed by atoms with Gasteiger partial charge in [-0.2, -0.15) is 16.8 Å². The molecule has 2 rings (SSSR count). The minimum absolute atomic E-state index is 0.111. The molecule has 0 bridgehead atoms. The van der Waals surface area contributed by atoms with Crippen LogP contribution < -0.4 is 0 Å². The maximum absolute atomic E-state index is 11.3. The molecular formula is C11H8O7S2. The first-order valence-corrected chi connectivity index (χ1v) is 8.00. The molecule has 2 aromatic carbocycles. The van der Waals surface area contributed by atoms with E-state index in [1.807, 2.05) is 0 Å². The lowest BCUT2D eigenvalue weighted by Gasteiger charge is -2.10. The molecule has 0 aliphatic heterocycles. The van der Waals surface area contributed by atoms with Crippen molar-refractivity contribution in [1.82, 2.24) is 0 Å². The van der Waals surface area contributed by atoms with Gasteiger partial charge in [0.2, 0.25) is 0 Å². The zero-order valence-electron chi connectivity index (χ0n) is 9.72. The molecule has 20 heavy (non-hydrogen) atoms. The molecule has 0 spiro atoms. The van der Waals surface area contributed by atoms with Gasteiger partial charge in [0, 0.05) is 5.56 Å². The molecule has 0 saturated carbocycles. The summed E-state index contributed by atoms with van der Waals surface area (Å²) in [6.45, 7) is 0. The maximum atomic E-state index is 11.3. The fourth-order valence-electron chi connectivity index (χ4n) is 1.90. The second kappa shape index (κ2) is 4.63. The number of fused-ring (bicyclic) bond motifs is 1. The summed E-state index contributed by atoms with van der Waals surface area (Å²) in [7, 11) is -9.96. The van der Waals surface area contributed by atoms with Crippen molar-refractivity contribution in [3.05, 3.63) is 35.9 Å². The Bertz CT molecular complexity index is 911. The van der Waals surface area contributed by atoms with Crippen LogP contribution in [0.2, 0.25) is 0 Å². The summed E-state index contributed by atoms with van der Waals surface area (Å²) in [6.07, 6.45) is 0.111. The normalized spacial score (nSPS) is 12.5. The van der Waals surface area contributed by atoms with Crippen molar-refractivity contribution in [3.8, 4) is 0 Å². The first-order chi connectivity index (χ1) is 9.16. The van der Waals surface area contributed by atoms with Crippen LogP contribution in [0, 0.1) is 0 Å². The molecule has 0 saturated heterocycles. The highest BCUT2D eigenvalue weighted by atomic mass is 32.2. The Morgan fingerprint density at radius 3 is 2.05 bits per heavy atom. The lowest BCUT2D eigenvalue weighted by molar-refractivity contribution is 0.112. The van der Waals surface area contributed by atoms with E-state index < -0.39 is 35.6 Å². The molecule has 0 radical (unpaired) electrons. The van der Waals surface area contributed by atoms with Crippen LogP contribution in [0.5, 0.6) is 0 Å². The van der Waals surface area contributed by atoms with Crippen LogP contribution in [0.25, 0.3) is 10.8 Å². The third-order valence-electron chi connectivity index (χ3n) is 2.66. The molecule has 0 aliphatic rings. The first kappa shape index (κ1) is 14.6. The number of aldehydes is 1. The van der Waals surface area contributed by atoms with Gasteiger partial charge in [-0.05, 0) is 16.8 Å². The van der Waals surface area contributed by atoms with E-state index >= 15 is 0 Å². The SMILES string of the molecule is O=Cc1c(S(=O)(=O)O)c(S(=O)(=O)O)cc2ccccc12. The van der Waals surface area contributed by atoms with Crippen molar-refractivity contribution in [2.75, 3.05) is 0 Å². The number of benzene rings is 2. The Hall–Kier alpha value is -1.81. The largest absolute Gasteiger partial charge is 0.298 e. The van der Waals surface area contributed by atoms with E-state index in [4.69, 9.17) is 9.11 Å². The topological polar surface area (TPSA) is 126 Å². The minimum Gasteiger partial charge on any atom is -0.298 e. The van der Waals surface area contributed by atoms with E-state index in [9.17, 15) is 21.6 Å². The highest BCUT2D eigenvalue weighted by Gasteiger charge is 2.29. The second-order valence-corrected chi connectivity index (χ2v) is 6.65. The molecule has 0 aromatic heterocycles. The van der Waals surface area contributed by atoms with Crippen LogP contribution in [0.3, 0.4) is 0 Å². The minimum atomic E-state index is -5.02. The fourth-order valence-corrected chi connectivity index (χ4v) is 3.91. The van der Waals surface area contributed by atoms with Crippen LogP contribution in [0.4, 0.5) is 0 Å². The van der Waals surface area contributed by atoms with E-state index in [-0.39, 0.29) is 17.1 Å². The standard InChI is InChI=1S/C11H8O7S2/c12-6-9-8-4-2-1-3-7(8)5-10(19(13,14)15)11(9)20(16,17)18/h1-6H,(H,13,14,15)(H,16,17,18). The highest BCUT2D eigenvalue weighted by Crippen LogP contribution is 2.31. The summed E-state index contributed by atoms with van der Waals surface area (Å²) in [5, 5.41) is 0.372. The maximum Gasteiger partial charge on any atom is 0.296 e. The van der Waals surface area contributed by atoms with E-state index in [0.717, 1.165) is 6.07 Å². The van der Waals surface area contributed by atoms with Gasteiger partial charge in [-0.1, -0.05) is 24.3 Å². The van der Waals surface area contributed by atoms with E-state index in [1.54, 1.807) is 0 Å². The average Bonchev–Trinajstić information content (AvgIpc) is 2.34. The molecular weight excluding hydrogens is 308 g/mol. The predicted molar refractivity (Wildman–Crippen MR) is 69.0 cm³/mol. The van der Waals surface area contributed by atoms with Crippen molar-refractivity contribution < 1.29 is 30.7 Å². The first-order valence-electron chi connectivity index (χ1n) is 5.12. The smallest absolute Gasteiger partial charge is 0.296 e. The number of carbonyl (C=O) groups excluding carboxylic acids is 1. The molecule has 2 N–H and O–H groups in total. The second-order valence-electron chi connectivity index (χ2n) is 3.91. The molecule has 0 amide bonds. The summed E-state index contributed by atoms with van der Waals surface area (Å²) in [4.78, 5) is 8.94. The van der Waals surface area contributed by atoms with Gasteiger partial charge in [-0.25, -0.2) is 0 Å². The summed E-state index contributed by atoms with van der Waals surface area (Å²) in [5.41, 5.74) is -0.529. The molecule has 0 unspecified atom stereocenters. The van der Waals surface area contributed by atoms with Gasteiger partial charge in [0.05, 0.1) is 0 Å². The van der Waals surface area contributed by atoms with Gasteiger partial charge in [0.15, 0.2) is 6.29 Å². The third kappa shape index (κ3) is 2.43. The summed E-state index contributed by atoms with van der Waals surface area (Å²) in [5.74, 6) is 0. The van der Waals surface area contributed by atoms with Crippen molar-refractivity contribution in [3.63, 3.8) is 0 Å². The van der Waals surface area contributed by atoms with Crippen LogP contribution >= 0.6 is 0 Å². The van der Waals surface area contributed by atoms with Gasteiger partial charge in [-0.15, -0.1) is 0 Å². The Kier molecular flexibility index (Phi) is 3.38. The average molecular weight is 316 g/mol. The zero-order chi connectivity index (χ0) is 15.1. The molecule has 7 nitrogen and oxygen atoms in total. The van der Waals surface area contributed by atoms with Gasteiger partial charge in [0.25, 0.3) is 20.2 Å². The van der Waals surface area contributed by atoms with Gasteiger partial charge in [0.1, 0.15) is 9.79 Å². The number of hydrogen-bond donors (Lipinski definition) is 2. The third-order valence-corrected chi connectivity index (χ3v) is 4.62. The zero-order valence-corrected chi connectivity index (χ0v) is 11.3. The van der Waals surface area contributed by atoms with Crippen molar-refractivity contribution >= 4 is 37.3 Å². The Balaban J connectivity index is 3.18. The molecule has 2 aromatic rings. The number of carbonyl (C=O) groups is 1. The number of hydrogen-bond acceptors (Lipinski definition) is 5. The molecule has 0 atom stereocenters. The Morgan fingerprint density at radius 1 is 0.950 bits per heavy atom. The fraction of sp³-hybridized carbons (Fsp3) is 0. The van der Waals surface area contributed by atoms with Crippen molar-refractivity contribution in [1.29, 1.82) is 0 Å². The monoisotopic (exact) mass is 316 g/mol. The predicted octanol–water partition coefficient (Wildman–Crippen LogP) is 1.15. The van der Waals surface area contributed by atoms with Crippen LogP contribution in [0.1, 0.15) is 10.4 Å². The summed E-state index contributed by atoms with van der Waals surface area (Å²) < 4.78 is 63.5. The quantitative estimate of drug-likeness (QED) is 0.642. The van der Waals surface area contributed by atoms with Crippen molar-refractivity contribution in [2.24, 2.45) is 0 Å². The van der Waals surface area contributed by atoms with Crippen molar-refractivity contribution in [2.45, 2.75) is 9.79 Å². The molecule has 0 fully saturated rings. The van der Waals surface area contributed by atoms with E-state index in [2.05, 4.69) is 0 Å². The summed E-state index contributed by atoms with van der Waals surface area (Å²) in [6, 6.07) is 6.75. The molecule has 106 valence electrons. The molecule has 0 heterocycles. The Morgan fingerprint density at radius 2 is 1.55 bits per heavy atom. The van der Waals surface area contributed by atoms with Gasteiger partial charge < -0.3 is 0 Å². The summed E-state index contributed by atoms with van der Waals surface area (Å²) >= 11 is 0. The van der Waals surface area contributed by atoms with Gasteiger partial charge >= 0.3 is 0 Å². The van der Waals surface area contributed by atoms with E-state index in [0.29, 0.717) is 0 Å². The lowest BCUT2D eigenvalue weighted by Crippen LogP contribution is -2.12. The van der Waals surface area contributed by atoms with E-state index in [1.165, 1.54) is 24.3 Å². The number of rotatable bonds is 3. The highest BCUT2D eigenvalue weighted by molar-refractivity contribution is 7.89. The lowest BCUT2D eigenvalue weighted by atomic mass is 10.1. The van der Waals surface area contributed by atoms with Gasteiger partial charge in [-0.3, -0.25) is 13.9 Å². The van der Waals surface area contributed by atoms with Crippen LogP contribution in [-0.2, 0) is 20.2 Å².